The molecule has 0 radical (unpaired) electrons. The van der Waals surface area contributed by atoms with Crippen molar-refractivity contribution >= 4 is 33.6 Å². The molecule has 7 nitrogen and oxygen atoms in total. The number of nitrogens with one attached hydrogen (secondary N) is 4. The van der Waals surface area contributed by atoms with E-state index in [1.54, 1.807) is 36.7 Å². The largest absolute Gasteiger partial charge is 0.573 e. The van der Waals surface area contributed by atoms with Gasteiger partial charge in [0.2, 0.25) is 5.91 Å². The van der Waals surface area contributed by atoms with Gasteiger partial charge in [-0.2, -0.15) is 0 Å². The number of halogens is 4. The van der Waals surface area contributed by atoms with Crippen LogP contribution in [0.2, 0.25) is 0 Å². The molecular weight excluding hydrogens is 516 g/mol. The second-order valence-electron chi connectivity index (χ2n) is 8.82. The predicted octanol–water partition coefficient (Wildman–Crippen LogP) is 5.44. The van der Waals surface area contributed by atoms with E-state index in [1.165, 1.54) is 36.4 Å². The van der Waals surface area contributed by atoms with E-state index in [1.807, 2.05) is 0 Å². The van der Waals surface area contributed by atoms with Gasteiger partial charge in [-0.05, 0) is 66.1 Å². The van der Waals surface area contributed by atoms with Gasteiger partial charge in [-0.15, -0.1) is 13.2 Å². The lowest BCUT2D eigenvalue weighted by Gasteiger charge is -2.09. The quantitative estimate of drug-likeness (QED) is 0.198. The molecule has 2 amide bonds. The monoisotopic (exact) mass is 538 g/mol. The van der Waals surface area contributed by atoms with Gasteiger partial charge in [0.1, 0.15) is 11.6 Å². The summed E-state index contributed by atoms with van der Waals surface area (Å²) in [7, 11) is 0. The number of ether oxygens (including phenoxy) is 1. The lowest BCUT2D eigenvalue weighted by molar-refractivity contribution is -0.274. The Balaban J connectivity index is 1.18. The molecule has 200 valence electrons. The number of aromatic amines is 2. The Morgan fingerprint density at radius 3 is 2.33 bits per heavy atom. The van der Waals surface area contributed by atoms with Crippen molar-refractivity contribution in [1.82, 2.24) is 20.6 Å². The van der Waals surface area contributed by atoms with Crippen LogP contribution in [0.25, 0.3) is 32.9 Å². The normalized spacial score (nSPS) is 11.6. The van der Waals surface area contributed by atoms with Crippen LogP contribution in [-0.2, 0) is 11.2 Å². The minimum atomic E-state index is -4.78. The van der Waals surface area contributed by atoms with Crippen molar-refractivity contribution in [3.63, 3.8) is 0 Å². The van der Waals surface area contributed by atoms with Crippen LogP contribution < -0.4 is 15.4 Å². The summed E-state index contributed by atoms with van der Waals surface area (Å²) < 4.78 is 54.8. The Bertz CT molecular complexity index is 1660. The highest BCUT2D eigenvalue weighted by atomic mass is 19.4. The molecule has 2 aromatic heterocycles. The Labute approximate surface area is 219 Å². The first kappa shape index (κ1) is 25.8. The second-order valence-corrected chi connectivity index (χ2v) is 8.82. The summed E-state index contributed by atoms with van der Waals surface area (Å²) in [4.78, 5) is 31.1. The van der Waals surface area contributed by atoms with Gasteiger partial charge < -0.3 is 25.3 Å². The molecule has 0 spiro atoms. The standard InChI is InChI=1S/C28H22F4N4O3/c29-19-4-8-24-21(12-19)18(13-34-24)9-10-33-26(37)15-36-27(38)17-3-7-25-22(11-17)23(14-35-25)16-1-5-20(6-2-16)39-28(30,31)32/h1-8,11-14,34-35H,9-10,15H2,(H,33,37)(H,36,38). The summed E-state index contributed by atoms with van der Waals surface area (Å²) >= 11 is 0. The first-order valence-corrected chi connectivity index (χ1v) is 11.9. The summed E-state index contributed by atoms with van der Waals surface area (Å²) in [5.74, 6) is -1.51. The zero-order chi connectivity index (χ0) is 27.6. The van der Waals surface area contributed by atoms with Gasteiger partial charge >= 0.3 is 6.36 Å². The lowest BCUT2D eigenvalue weighted by Crippen LogP contribution is -2.37. The van der Waals surface area contributed by atoms with Crippen LogP contribution in [0.5, 0.6) is 5.75 Å². The molecule has 0 atom stereocenters. The molecule has 0 aliphatic heterocycles. The van der Waals surface area contributed by atoms with Gasteiger partial charge in [0, 0.05) is 51.9 Å². The van der Waals surface area contributed by atoms with Gasteiger partial charge in [-0.1, -0.05) is 12.1 Å². The van der Waals surface area contributed by atoms with Crippen molar-refractivity contribution in [3.05, 3.63) is 90.0 Å². The number of hydrogen-bond acceptors (Lipinski definition) is 3. The topological polar surface area (TPSA) is 99.0 Å². The van der Waals surface area contributed by atoms with E-state index in [0.29, 0.717) is 35.0 Å². The summed E-state index contributed by atoms with van der Waals surface area (Å²) in [5.41, 5.74) is 4.03. The maximum atomic E-state index is 13.5. The van der Waals surface area contributed by atoms with Crippen LogP contribution in [0.1, 0.15) is 15.9 Å². The first-order chi connectivity index (χ1) is 18.7. The van der Waals surface area contributed by atoms with E-state index >= 15 is 0 Å². The van der Waals surface area contributed by atoms with Crippen LogP contribution in [0.15, 0.2) is 73.1 Å². The van der Waals surface area contributed by atoms with Crippen molar-refractivity contribution in [2.45, 2.75) is 12.8 Å². The molecular formula is C28H22F4N4O3. The van der Waals surface area contributed by atoms with Gasteiger partial charge in [0.25, 0.3) is 5.91 Å². The molecule has 0 aliphatic carbocycles. The molecule has 3 aromatic carbocycles. The molecule has 5 rings (SSSR count). The van der Waals surface area contributed by atoms with Gasteiger partial charge in [0.05, 0.1) is 6.54 Å². The fraction of sp³-hybridized carbons (Fsp3) is 0.143. The fourth-order valence-electron chi connectivity index (χ4n) is 4.36. The summed E-state index contributed by atoms with van der Waals surface area (Å²) in [6.07, 6.45) is -0.825. The number of fused-ring (bicyclic) bond motifs is 2. The molecule has 0 unspecified atom stereocenters. The number of hydrogen-bond donors (Lipinski definition) is 4. The van der Waals surface area contributed by atoms with Gasteiger partial charge in [-0.3, -0.25) is 9.59 Å². The van der Waals surface area contributed by atoms with Crippen LogP contribution >= 0.6 is 0 Å². The number of aromatic nitrogens is 2. The molecule has 0 saturated carbocycles. The smallest absolute Gasteiger partial charge is 0.406 e. The molecule has 4 N–H and O–H groups in total. The van der Waals surface area contributed by atoms with E-state index in [-0.39, 0.29) is 24.0 Å². The molecule has 39 heavy (non-hydrogen) atoms. The number of benzene rings is 3. The lowest BCUT2D eigenvalue weighted by atomic mass is 10.0. The molecule has 2 heterocycles. The summed E-state index contributed by atoms with van der Waals surface area (Å²) in [6.45, 7) is 0.0731. The maximum Gasteiger partial charge on any atom is 0.573 e. The van der Waals surface area contributed by atoms with Crippen molar-refractivity contribution in [3.8, 4) is 16.9 Å². The average molecular weight is 539 g/mol. The fourth-order valence-corrected chi connectivity index (χ4v) is 4.36. The van der Waals surface area contributed by atoms with E-state index in [2.05, 4.69) is 25.3 Å². The first-order valence-electron chi connectivity index (χ1n) is 11.9. The molecule has 11 heteroatoms. The van der Waals surface area contributed by atoms with Crippen LogP contribution in [0.3, 0.4) is 0 Å². The number of carbonyl (C=O) groups excluding carboxylic acids is 2. The Hall–Kier alpha value is -4.80. The van der Waals surface area contributed by atoms with Crippen molar-refractivity contribution in [2.24, 2.45) is 0 Å². The molecule has 0 bridgehead atoms. The molecule has 0 fully saturated rings. The zero-order valence-electron chi connectivity index (χ0n) is 20.3. The second kappa shape index (κ2) is 10.5. The highest BCUT2D eigenvalue weighted by Gasteiger charge is 2.31. The Kier molecular flexibility index (Phi) is 6.97. The van der Waals surface area contributed by atoms with E-state index in [9.17, 15) is 27.2 Å². The number of alkyl halides is 3. The average Bonchev–Trinajstić information content (AvgIpc) is 3.50. The molecule has 5 aromatic rings. The minimum Gasteiger partial charge on any atom is -0.406 e. The third-order valence-corrected chi connectivity index (χ3v) is 6.20. The Morgan fingerprint density at radius 1 is 0.846 bits per heavy atom. The van der Waals surface area contributed by atoms with Crippen molar-refractivity contribution in [1.29, 1.82) is 0 Å². The SMILES string of the molecule is O=C(CNC(=O)c1ccc2[nH]cc(-c3ccc(OC(F)(F)F)cc3)c2c1)NCCc1c[nH]c2ccc(F)cc12. The number of H-pyrrole nitrogens is 2. The number of rotatable bonds is 8. The molecule has 0 saturated heterocycles. The predicted molar refractivity (Wildman–Crippen MR) is 138 cm³/mol. The van der Waals surface area contributed by atoms with Crippen LogP contribution in [0.4, 0.5) is 17.6 Å². The van der Waals surface area contributed by atoms with Crippen LogP contribution in [-0.4, -0.2) is 41.2 Å². The van der Waals surface area contributed by atoms with Crippen molar-refractivity contribution in [2.75, 3.05) is 13.1 Å². The number of amides is 2. The van der Waals surface area contributed by atoms with E-state index in [0.717, 1.165) is 22.0 Å². The molecule has 0 aliphatic rings. The third-order valence-electron chi connectivity index (χ3n) is 6.20. The highest BCUT2D eigenvalue weighted by Crippen LogP contribution is 2.31. The maximum absolute atomic E-state index is 13.5. The minimum absolute atomic E-state index is 0.236. The zero-order valence-corrected chi connectivity index (χ0v) is 20.3. The van der Waals surface area contributed by atoms with Crippen LogP contribution in [0, 0.1) is 5.82 Å². The van der Waals surface area contributed by atoms with Gasteiger partial charge in [-0.25, -0.2) is 4.39 Å². The summed E-state index contributed by atoms with van der Waals surface area (Å²) in [5, 5.41) is 6.76. The van der Waals surface area contributed by atoms with E-state index in [4.69, 9.17) is 0 Å². The van der Waals surface area contributed by atoms with Crippen molar-refractivity contribution < 1.29 is 31.9 Å². The third kappa shape index (κ3) is 6.03. The van der Waals surface area contributed by atoms with E-state index < -0.39 is 12.3 Å². The highest BCUT2D eigenvalue weighted by molar-refractivity contribution is 6.03. The summed E-state index contributed by atoms with van der Waals surface area (Å²) in [6, 6.07) is 14.8. The van der Waals surface area contributed by atoms with Gasteiger partial charge in [0.15, 0.2) is 0 Å². The Morgan fingerprint density at radius 2 is 1.56 bits per heavy atom. The number of carbonyl (C=O) groups is 2.